The molecule has 1 fully saturated rings. The van der Waals surface area contributed by atoms with Gasteiger partial charge in [0.1, 0.15) is 0 Å². The second kappa shape index (κ2) is 23.7. The Labute approximate surface area is 226 Å². The Morgan fingerprint density at radius 1 is 0.636 bits per heavy atom. The van der Waals surface area contributed by atoms with Crippen LogP contribution in [-0.2, 0) is 14.3 Å². The number of unbranched alkanes of at least 4 members (excludes halogenated alkanes) is 17. The number of esters is 1. The smallest absolute Gasteiger partial charge is 0.550 e. The summed E-state index contributed by atoms with van der Waals surface area (Å²) in [5.74, 6) is -2.58. The minimum atomic E-state index is -1.10. The maximum atomic E-state index is 12.2. The zero-order chi connectivity index (χ0) is 23.3. The zero-order valence-corrected chi connectivity index (χ0v) is 24.1. The summed E-state index contributed by atoms with van der Waals surface area (Å²) in [6.45, 7) is 2.70. The van der Waals surface area contributed by atoms with Gasteiger partial charge in [0.25, 0.3) is 0 Å². The van der Waals surface area contributed by atoms with Crippen molar-refractivity contribution in [3.8, 4) is 0 Å². The molecule has 0 aromatic heterocycles. The molecule has 0 heterocycles. The molecule has 0 saturated heterocycles. The first-order valence-electron chi connectivity index (χ1n) is 14.0. The van der Waals surface area contributed by atoms with Crippen LogP contribution >= 0.6 is 0 Å². The van der Waals surface area contributed by atoms with Crippen molar-refractivity contribution in [3.63, 3.8) is 0 Å². The zero-order valence-electron chi connectivity index (χ0n) is 22.1. The fourth-order valence-electron chi connectivity index (χ4n) is 4.98. The van der Waals surface area contributed by atoms with Gasteiger partial charge in [0.05, 0.1) is 12.5 Å². The van der Waals surface area contributed by atoms with Crippen LogP contribution in [0.15, 0.2) is 0 Å². The monoisotopic (exact) mass is 474 g/mol. The Morgan fingerprint density at radius 2 is 1.00 bits per heavy atom. The maximum absolute atomic E-state index is 12.2. The van der Waals surface area contributed by atoms with Crippen molar-refractivity contribution in [2.75, 3.05) is 6.61 Å². The topological polar surface area (TPSA) is 66.4 Å². The number of carboxylic acids is 1. The molecule has 188 valence electrons. The quantitative estimate of drug-likeness (QED) is 0.143. The molecule has 0 amide bonds. The van der Waals surface area contributed by atoms with Crippen LogP contribution in [0, 0.1) is 11.8 Å². The SMILES string of the molecule is CCCCCCCCCCCCCCCCCCCCOC(=O)C1CCCCC1C(=O)[O-].[Na+]. The molecule has 0 bridgehead atoms. The standard InChI is InChI=1S/C28H52O4.Na/c1-2-3-4-5-6-7-8-9-10-11-12-13-14-15-16-17-18-21-24-32-28(31)26-23-20-19-22-25(26)27(29)30;/h25-26H,2-24H2,1H3,(H,29,30);/q;+1/p-1. The molecular weight excluding hydrogens is 423 g/mol. The van der Waals surface area contributed by atoms with Crippen LogP contribution in [0.5, 0.6) is 0 Å². The van der Waals surface area contributed by atoms with Gasteiger partial charge >= 0.3 is 35.5 Å². The molecule has 0 radical (unpaired) electrons. The van der Waals surface area contributed by atoms with Crippen LogP contribution in [0.2, 0.25) is 0 Å². The van der Waals surface area contributed by atoms with E-state index >= 15 is 0 Å². The molecule has 2 unspecified atom stereocenters. The molecule has 1 rings (SSSR count). The van der Waals surface area contributed by atoms with E-state index in [1.807, 2.05) is 0 Å². The van der Waals surface area contributed by atoms with Gasteiger partial charge in [-0.05, 0) is 19.3 Å². The normalized spacial score (nSPS) is 18.0. The van der Waals surface area contributed by atoms with Crippen molar-refractivity contribution < 1.29 is 49.0 Å². The van der Waals surface area contributed by atoms with E-state index in [1.54, 1.807) is 0 Å². The van der Waals surface area contributed by atoms with E-state index in [2.05, 4.69) is 6.92 Å². The Morgan fingerprint density at radius 3 is 1.39 bits per heavy atom. The maximum Gasteiger partial charge on any atom is 1.00 e. The summed E-state index contributed by atoms with van der Waals surface area (Å²) in [6, 6.07) is 0. The molecule has 4 nitrogen and oxygen atoms in total. The fourth-order valence-corrected chi connectivity index (χ4v) is 4.98. The van der Waals surface area contributed by atoms with Crippen LogP contribution in [0.25, 0.3) is 0 Å². The number of hydrogen-bond acceptors (Lipinski definition) is 4. The molecule has 5 heteroatoms. The van der Waals surface area contributed by atoms with Gasteiger partial charge in [-0.1, -0.05) is 129 Å². The minimum absolute atomic E-state index is 0. The predicted octanol–water partition coefficient (Wildman–Crippen LogP) is 4.13. The molecule has 2 atom stereocenters. The number of carboxylic acid groups (broad SMARTS) is 1. The van der Waals surface area contributed by atoms with Crippen LogP contribution in [0.1, 0.15) is 148 Å². The van der Waals surface area contributed by atoms with Crippen molar-refractivity contribution >= 4 is 11.9 Å². The summed E-state index contributed by atoms with van der Waals surface area (Å²) < 4.78 is 5.36. The third-order valence-corrected chi connectivity index (χ3v) is 7.11. The Bertz CT molecular complexity index is 469. The summed E-state index contributed by atoms with van der Waals surface area (Å²) >= 11 is 0. The second-order valence-electron chi connectivity index (χ2n) is 9.99. The van der Waals surface area contributed by atoms with Gasteiger partial charge in [-0.15, -0.1) is 0 Å². The van der Waals surface area contributed by atoms with Crippen LogP contribution in [0.4, 0.5) is 0 Å². The summed E-state index contributed by atoms with van der Waals surface area (Å²) in [6.07, 6.45) is 26.9. The third kappa shape index (κ3) is 17.9. The number of carbonyl (C=O) groups is 2. The molecule has 1 saturated carbocycles. The minimum Gasteiger partial charge on any atom is -0.550 e. The second-order valence-corrected chi connectivity index (χ2v) is 9.99. The molecular formula is C28H51NaO4. The van der Waals surface area contributed by atoms with E-state index in [0.29, 0.717) is 19.4 Å². The third-order valence-electron chi connectivity index (χ3n) is 7.11. The van der Waals surface area contributed by atoms with Crippen LogP contribution in [-0.4, -0.2) is 18.5 Å². The van der Waals surface area contributed by atoms with Crippen molar-refractivity contribution in [1.82, 2.24) is 0 Å². The van der Waals surface area contributed by atoms with E-state index < -0.39 is 17.8 Å². The molecule has 0 spiro atoms. The van der Waals surface area contributed by atoms with Gasteiger partial charge in [0, 0.05) is 11.9 Å². The van der Waals surface area contributed by atoms with E-state index in [4.69, 9.17) is 4.74 Å². The van der Waals surface area contributed by atoms with Crippen molar-refractivity contribution in [2.24, 2.45) is 11.8 Å². The molecule has 0 aliphatic heterocycles. The van der Waals surface area contributed by atoms with Gasteiger partial charge in [0.15, 0.2) is 0 Å². The molecule has 1 aliphatic carbocycles. The van der Waals surface area contributed by atoms with Gasteiger partial charge in [-0.3, -0.25) is 4.79 Å². The molecule has 1 aliphatic rings. The van der Waals surface area contributed by atoms with Crippen molar-refractivity contribution in [3.05, 3.63) is 0 Å². The molecule has 0 aromatic carbocycles. The molecule has 0 N–H and O–H groups in total. The average Bonchev–Trinajstić information content (AvgIpc) is 2.80. The number of rotatable bonds is 21. The number of carbonyl (C=O) groups excluding carboxylic acids is 2. The van der Waals surface area contributed by atoms with Gasteiger partial charge in [-0.2, -0.15) is 0 Å². The van der Waals surface area contributed by atoms with Gasteiger partial charge < -0.3 is 14.6 Å². The summed E-state index contributed by atoms with van der Waals surface area (Å²) in [5, 5.41) is 11.2. The Balaban J connectivity index is 0.0000102. The van der Waals surface area contributed by atoms with Crippen LogP contribution < -0.4 is 34.7 Å². The van der Waals surface area contributed by atoms with Gasteiger partial charge in [-0.25, -0.2) is 0 Å². The summed E-state index contributed by atoms with van der Waals surface area (Å²) in [4.78, 5) is 23.4. The largest absolute Gasteiger partial charge is 1.00 e. The summed E-state index contributed by atoms with van der Waals surface area (Å²) in [5.41, 5.74) is 0. The summed E-state index contributed by atoms with van der Waals surface area (Å²) in [7, 11) is 0. The molecule has 33 heavy (non-hydrogen) atoms. The van der Waals surface area contributed by atoms with E-state index in [0.717, 1.165) is 25.7 Å². The number of aliphatic carboxylic acids is 1. The van der Waals surface area contributed by atoms with Crippen molar-refractivity contribution in [1.29, 1.82) is 0 Å². The molecule has 0 aromatic rings. The van der Waals surface area contributed by atoms with E-state index in [-0.39, 0.29) is 35.5 Å². The van der Waals surface area contributed by atoms with Gasteiger partial charge in [0.2, 0.25) is 0 Å². The van der Waals surface area contributed by atoms with E-state index in [1.165, 1.54) is 103 Å². The first-order chi connectivity index (χ1) is 15.7. The average molecular weight is 475 g/mol. The number of ether oxygens (including phenoxy) is 1. The fraction of sp³-hybridized carbons (Fsp3) is 0.929. The first kappa shape index (κ1) is 32.9. The van der Waals surface area contributed by atoms with Crippen LogP contribution in [0.3, 0.4) is 0 Å². The first-order valence-corrected chi connectivity index (χ1v) is 14.0. The van der Waals surface area contributed by atoms with E-state index in [9.17, 15) is 14.7 Å². The predicted molar refractivity (Wildman–Crippen MR) is 130 cm³/mol. The number of hydrogen-bond donors (Lipinski definition) is 0. The van der Waals surface area contributed by atoms with Crippen molar-refractivity contribution in [2.45, 2.75) is 148 Å². The Kier molecular flexibility index (Phi) is 23.6. The Hall–Kier alpha value is -0.0600.